The molecule has 180 valence electrons. The number of aromatic nitrogens is 2. The van der Waals surface area contributed by atoms with E-state index in [1.54, 1.807) is 21.8 Å². The molecular weight excluding hydrogens is 476 g/mol. The Bertz CT molecular complexity index is 1320. The minimum Gasteiger partial charge on any atom is -0.445 e. The number of sulfonamides is 1. The zero-order chi connectivity index (χ0) is 23.9. The summed E-state index contributed by atoms with van der Waals surface area (Å²) in [5.41, 5.74) is 1.24. The molecule has 34 heavy (non-hydrogen) atoms. The van der Waals surface area contributed by atoms with Gasteiger partial charge < -0.3 is 9.64 Å². The molecular formula is C24H27ClN4O4S. The molecule has 1 amide bonds. The molecule has 1 aliphatic heterocycles. The van der Waals surface area contributed by atoms with Gasteiger partial charge in [-0.25, -0.2) is 17.9 Å². The van der Waals surface area contributed by atoms with Gasteiger partial charge >= 0.3 is 6.09 Å². The number of rotatable bonds is 7. The Morgan fingerprint density at radius 3 is 2.76 bits per heavy atom. The van der Waals surface area contributed by atoms with Crippen molar-refractivity contribution in [1.82, 2.24) is 19.4 Å². The predicted molar refractivity (Wildman–Crippen MR) is 129 cm³/mol. The third-order valence-corrected chi connectivity index (χ3v) is 8.49. The van der Waals surface area contributed by atoms with Gasteiger partial charge in [-0.05, 0) is 49.8 Å². The summed E-state index contributed by atoms with van der Waals surface area (Å²) >= 11 is 6.42. The number of carbonyl (C=O) groups excluding carboxylic acids is 1. The number of nitrogens with one attached hydrogen (secondary N) is 1. The first-order valence-corrected chi connectivity index (χ1v) is 13.2. The highest BCUT2D eigenvalue weighted by molar-refractivity contribution is 7.89. The van der Waals surface area contributed by atoms with E-state index < -0.39 is 10.0 Å². The quantitative estimate of drug-likeness (QED) is 0.523. The Morgan fingerprint density at radius 1 is 1.26 bits per heavy atom. The largest absolute Gasteiger partial charge is 0.445 e. The predicted octanol–water partition coefficient (Wildman–Crippen LogP) is 4.18. The van der Waals surface area contributed by atoms with Crippen LogP contribution in [0, 0.1) is 5.92 Å². The van der Waals surface area contributed by atoms with Gasteiger partial charge in [0.1, 0.15) is 6.61 Å². The maximum atomic E-state index is 12.9. The van der Waals surface area contributed by atoms with Crippen molar-refractivity contribution >= 4 is 38.6 Å². The van der Waals surface area contributed by atoms with Gasteiger partial charge in [0.15, 0.2) is 0 Å². The van der Waals surface area contributed by atoms with E-state index in [9.17, 15) is 13.2 Å². The fraction of sp³-hybridized carbons (Fsp3) is 0.417. The van der Waals surface area contributed by atoms with Crippen molar-refractivity contribution in [3.63, 3.8) is 0 Å². The molecule has 1 N–H and O–H groups in total. The molecule has 10 heteroatoms. The molecule has 1 aliphatic carbocycles. The summed E-state index contributed by atoms with van der Waals surface area (Å²) in [5, 5.41) is 5.51. The summed E-state index contributed by atoms with van der Waals surface area (Å²) in [6.07, 6.45) is 3.80. The van der Waals surface area contributed by atoms with E-state index in [-0.39, 0.29) is 29.1 Å². The van der Waals surface area contributed by atoms with Crippen LogP contribution in [0.5, 0.6) is 0 Å². The monoisotopic (exact) mass is 502 g/mol. The second kappa shape index (κ2) is 8.87. The van der Waals surface area contributed by atoms with Gasteiger partial charge in [-0.3, -0.25) is 4.68 Å². The lowest BCUT2D eigenvalue weighted by Gasteiger charge is -2.17. The lowest BCUT2D eigenvalue weighted by molar-refractivity contribution is 0.103. The van der Waals surface area contributed by atoms with Crippen molar-refractivity contribution in [3.8, 4) is 0 Å². The van der Waals surface area contributed by atoms with Gasteiger partial charge in [0.05, 0.1) is 21.6 Å². The van der Waals surface area contributed by atoms with Crippen LogP contribution < -0.4 is 4.72 Å². The lowest BCUT2D eigenvalue weighted by atomic mass is 10.1. The third kappa shape index (κ3) is 4.92. The normalized spacial score (nSPS) is 19.5. The summed E-state index contributed by atoms with van der Waals surface area (Å²) < 4.78 is 35.8. The molecule has 2 aromatic carbocycles. The minimum absolute atomic E-state index is 0.136. The highest BCUT2D eigenvalue weighted by Crippen LogP contribution is 2.37. The van der Waals surface area contributed by atoms with Crippen molar-refractivity contribution in [3.05, 3.63) is 59.2 Å². The Hall–Kier alpha value is -2.62. The van der Waals surface area contributed by atoms with Gasteiger partial charge in [0.2, 0.25) is 10.0 Å². The van der Waals surface area contributed by atoms with Crippen molar-refractivity contribution in [2.75, 3.05) is 13.1 Å². The molecule has 1 saturated carbocycles. The summed E-state index contributed by atoms with van der Waals surface area (Å²) in [7, 11) is -3.69. The molecule has 0 bridgehead atoms. The summed E-state index contributed by atoms with van der Waals surface area (Å²) in [6.45, 7) is 3.86. The molecule has 5 rings (SSSR count). The average molecular weight is 503 g/mol. The fourth-order valence-electron chi connectivity index (χ4n) is 4.29. The van der Waals surface area contributed by atoms with Crippen LogP contribution in [0.1, 0.15) is 31.7 Å². The standard InChI is InChI=1S/C24H27ClN4O4S/c1-24(8-9-24)27-34(31,32)19-11-21(25)20-13-26-29(22(20)12-19)15-18-7-10-28(14-18)23(30)33-16-17-5-3-2-4-6-17/h2-6,11-13,18,27H,7-10,14-16H2,1H3. The van der Waals surface area contributed by atoms with Crippen LogP contribution in [0.4, 0.5) is 4.79 Å². The van der Waals surface area contributed by atoms with Crippen molar-refractivity contribution in [2.24, 2.45) is 5.92 Å². The number of ether oxygens (including phenoxy) is 1. The molecule has 8 nitrogen and oxygen atoms in total. The lowest BCUT2D eigenvalue weighted by Crippen LogP contribution is -2.34. The Labute approximate surface area is 203 Å². The molecule has 1 aromatic heterocycles. The topological polar surface area (TPSA) is 93.5 Å². The highest BCUT2D eigenvalue weighted by atomic mass is 35.5. The number of benzene rings is 2. The van der Waals surface area contributed by atoms with Crippen LogP contribution in [0.15, 0.2) is 53.6 Å². The SMILES string of the molecule is CC1(NS(=O)(=O)c2cc(Cl)c3cnn(CC4CCN(C(=O)OCc5ccccc5)C4)c3c2)CC1. The minimum atomic E-state index is -3.69. The van der Waals surface area contributed by atoms with Gasteiger partial charge in [0.25, 0.3) is 0 Å². The van der Waals surface area contributed by atoms with Gasteiger partial charge in [0, 0.05) is 30.6 Å². The number of hydrogen-bond donors (Lipinski definition) is 1. The molecule has 0 radical (unpaired) electrons. The Kier molecular flexibility index (Phi) is 6.03. The van der Waals surface area contributed by atoms with E-state index in [1.165, 1.54) is 6.07 Å². The molecule has 2 fully saturated rings. The van der Waals surface area contributed by atoms with Crippen LogP contribution in [-0.2, 0) is 27.9 Å². The number of halogens is 1. The van der Waals surface area contributed by atoms with Crippen LogP contribution in [0.2, 0.25) is 5.02 Å². The first kappa shape index (κ1) is 23.1. The highest BCUT2D eigenvalue weighted by Gasteiger charge is 2.41. The molecule has 2 aliphatic rings. The summed E-state index contributed by atoms with van der Waals surface area (Å²) in [5.74, 6) is 0.176. The van der Waals surface area contributed by atoms with Crippen LogP contribution >= 0.6 is 11.6 Å². The smallest absolute Gasteiger partial charge is 0.410 e. The number of amides is 1. The Balaban J connectivity index is 1.27. The van der Waals surface area contributed by atoms with Crippen LogP contribution in [0.3, 0.4) is 0 Å². The van der Waals surface area contributed by atoms with E-state index in [1.807, 2.05) is 37.3 Å². The number of nitrogens with zero attached hydrogens (tertiary/aromatic N) is 3. The first-order chi connectivity index (χ1) is 16.2. The number of fused-ring (bicyclic) bond motifs is 1. The van der Waals surface area contributed by atoms with Crippen molar-refractivity contribution in [1.29, 1.82) is 0 Å². The zero-order valence-electron chi connectivity index (χ0n) is 18.9. The molecule has 1 unspecified atom stereocenters. The average Bonchev–Trinajstić information content (AvgIpc) is 3.19. The number of likely N-dealkylation sites (tertiary alicyclic amines) is 1. The van der Waals surface area contributed by atoms with Crippen LogP contribution in [-0.4, -0.2) is 47.8 Å². The van der Waals surface area contributed by atoms with E-state index in [0.29, 0.717) is 35.6 Å². The van der Waals surface area contributed by atoms with Crippen molar-refractivity contribution < 1.29 is 17.9 Å². The van der Waals surface area contributed by atoms with Crippen molar-refractivity contribution in [2.45, 2.75) is 49.8 Å². The molecule has 0 spiro atoms. The maximum Gasteiger partial charge on any atom is 0.410 e. The summed E-state index contributed by atoms with van der Waals surface area (Å²) in [4.78, 5) is 14.3. The zero-order valence-corrected chi connectivity index (χ0v) is 20.5. The third-order valence-electron chi connectivity index (χ3n) is 6.56. The molecule has 1 atom stereocenters. The van der Waals surface area contributed by atoms with Gasteiger partial charge in [-0.1, -0.05) is 41.9 Å². The van der Waals surface area contributed by atoms with Gasteiger partial charge in [-0.2, -0.15) is 5.10 Å². The Morgan fingerprint density at radius 2 is 2.03 bits per heavy atom. The second-order valence-electron chi connectivity index (χ2n) is 9.47. The first-order valence-electron chi connectivity index (χ1n) is 11.4. The number of carbonyl (C=O) groups is 1. The molecule has 2 heterocycles. The molecule has 3 aromatic rings. The van der Waals surface area contributed by atoms with E-state index in [4.69, 9.17) is 16.3 Å². The van der Waals surface area contributed by atoms with E-state index in [0.717, 1.165) is 24.8 Å². The summed E-state index contributed by atoms with van der Waals surface area (Å²) in [6, 6.07) is 12.7. The van der Waals surface area contributed by atoms with Gasteiger partial charge in [-0.15, -0.1) is 0 Å². The van der Waals surface area contributed by atoms with E-state index in [2.05, 4.69) is 9.82 Å². The maximum absolute atomic E-state index is 12.9. The molecule has 1 saturated heterocycles. The van der Waals surface area contributed by atoms with Crippen LogP contribution in [0.25, 0.3) is 10.9 Å². The fourth-order valence-corrected chi connectivity index (χ4v) is 6.12. The van der Waals surface area contributed by atoms with E-state index >= 15 is 0 Å². The number of hydrogen-bond acceptors (Lipinski definition) is 5. The second-order valence-corrected chi connectivity index (χ2v) is 11.6.